The number of para-hydroxylation sites is 3. The van der Waals surface area contributed by atoms with Crippen molar-refractivity contribution >= 4 is 44.1 Å². The minimum absolute atomic E-state index is 0.303. The molecule has 0 aliphatic heterocycles. The van der Waals surface area contributed by atoms with E-state index >= 15 is 0 Å². The molecule has 3 heterocycles. The van der Waals surface area contributed by atoms with E-state index in [4.69, 9.17) is 18.8 Å². The molecule has 0 saturated heterocycles. The number of rotatable bonds is 6. The van der Waals surface area contributed by atoms with Crippen molar-refractivity contribution in [3.8, 4) is 39.7 Å². The summed E-state index contributed by atoms with van der Waals surface area (Å²) >= 11 is 0. The Bertz CT molecular complexity index is 2630. The van der Waals surface area contributed by atoms with Gasteiger partial charge in [0, 0.05) is 10.9 Å². The molecular weight excluding hydrogens is 603 g/mol. The molecule has 0 N–H and O–H groups in total. The SMILES string of the molecule is CC(C)c1cccc(C(C)C)c1-n1c(-c2cc3nc(-c4ccccc4)oc3c3c2oc2cc(-c4ccccc4)ccc23)nc2ccccc21. The number of benzene rings is 6. The molecule has 0 unspecified atom stereocenters. The molecule has 0 fully saturated rings. The second kappa shape index (κ2) is 11.3. The maximum Gasteiger partial charge on any atom is 0.227 e. The van der Waals surface area contributed by atoms with Gasteiger partial charge in [-0.2, -0.15) is 0 Å². The van der Waals surface area contributed by atoms with E-state index in [2.05, 4.69) is 123 Å². The van der Waals surface area contributed by atoms with Crippen LogP contribution >= 0.6 is 0 Å². The maximum absolute atomic E-state index is 6.92. The summed E-state index contributed by atoms with van der Waals surface area (Å²) in [4.78, 5) is 10.4. The first-order valence-corrected chi connectivity index (χ1v) is 17.0. The largest absolute Gasteiger partial charge is 0.455 e. The summed E-state index contributed by atoms with van der Waals surface area (Å²) in [6.07, 6.45) is 0. The fourth-order valence-electron chi connectivity index (χ4n) is 7.21. The minimum atomic E-state index is 0.303. The van der Waals surface area contributed by atoms with Crippen LogP contribution in [0.25, 0.3) is 83.7 Å². The van der Waals surface area contributed by atoms with Gasteiger partial charge in [0.25, 0.3) is 0 Å². The van der Waals surface area contributed by atoms with E-state index in [1.54, 1.807) is 0 Å². The Morgan fingerprint density at radius 1 is 0.551 bits per heavy atom. The Hall–Kier alpha value is -5.94. The van der Waals surface area contributed by atoms with E-state index < -0.39 is 0 Å². The molecular formula is C44H35N3O2. The molecule has 0 bridgehead atoms. The highest BCUT2D eigenvalue weighted by molar-refractivity contribution is 6.20. The molecule has 3 aromatic heterocycles. The van der Waals surface area contributed by atoms with Crippen LogP contribution in [0.2, 0.25) is 0 Å². The smallest absolute Gasteiger partial charge is 0.227 e. The van der Waals surface area contributed by atoms with Crippen LogP contribution in [-0.4, -0.2) is 14.5 Å². The van der Waals surface area contributed by atoms with Crippen LogP contribution in [-0.2, 0) is 0 Å². The lowest BCUT2D eigenvalue weighted by molar-refractivity contribution is 0.622. The number of nitrogens with zero attached hydrogens (tertiary/aromatic N) is 3. The lowest BCUT2D eigenvalue weighted by Crippen LogP contribution is -2.08. The predicted octanol–water partition coefficient (Wildman–Crippen LogP) is 12.3. The number of oxazole rings is 1. The molecule has 5 nitrogen and oxygen atoms in total. The van der Waals surface area contributed by atoms with Crippen LogP contribution in [0.5, 0.6) is 0 Å². The van der Waals surface area contributed by atoms with Gasteiger partial charge in [-0.15, -0.1) is 0 Å². The number of hydrogen-bond acceptors (Lipinski definition) is 4. The molecule has 6 aromatic carbocycles. The molecule has 0 saturated carbocycles. The van der Waals surface area contributed by atoms with Crippen molar-refractivity contribution in [3.63, 3.8) is 0 Å². The van der Waals surface area contributed by atoms with Gasteiger partial charge >= 0.3 is 0 Å². The monoisotopic (exact) mass is 637 g/mol. The van der Waals surface area contributed by atoms with E-state index in [-0.39, 0.29) is 0 Å². The lowest BCUT2D eigenvalue weighted by atomic mass is 9.92. The summed E-state index contributed by atoms with van der Waals surface area (Å²) in [6.45, 7) is 9.04. The van der Waals surface area contributed by atoms with Gasteiger partial charge in [-0.25, -0.2) is 9.97 Å². The van der Waals surface area contributed by atoms with Gasteiger partial charge in [0.1, 0.15) is 22.5 Å². The molecule has 5 heteroatoms. The van der Waals surface area contributed by atoms with Crippen molar-refractivity contribution in [2.75, 3.05) is 0 Å². The molecule has 9 aromatic rings. The standard InChI is InChI=1S/C44H35N3O2/c1-26(2)31-18-13-19-32(27(3)4)40(31)47-37-21-12-11-20-35(37)45-43(47)34-25-36-42(49-44(46-36)29-16-9-6-10-17-29)39-33-23-22-30(24-38(33)48-41(34)39)28-14-7-5-8-15-28/h5-27H,1-4H3. The zero-order valence-corrected chi connectivity index (χ0v) is 27.9. The molecule has 0 aliphatic rings. The van der Waals surface area contributed by atoms with Crippen LogP contribution < -0.4 is 0 Å². The molecule has 9 rings (SSSR count). The van der Waals surface area contributed by atoms with E-state index in [1.807, 2.05) is 36.4 Å². The first-order chi connectivity index (χ1) is 24.0. The third-order valence-corrected chi connectivity index (χ3v) is 9.59. The van der Waals surface area contributed by atoms with Crippen molar-refractivity contribution in [1.82, 2.24) is 14.5 Å². The Labute approximate surface area is 284 Å². The van der Waals surface area contributed by atoms with Crippen LogP contribution in [0.15, 0.2) is 136 Å². The van der Waals surface area contributed by atoms with E-state index in [9.17, 15) is 0 Å². The summed E-state index contributed by atoms with van der Waals surface area (Å²) in [5, 5.41) is 1.88. The summed E-state index contributed by atoms with van der Waals surface area (Å²) in [6, 6.07) is 44.1. The number of hydrogen-bond donors (Lipinski definition) is 0. The number of furan rings is 1. The topological polar surface area (TPSA) is 57.0 Å². The number of fused-ring (bicyclic) bond motifs is 6. The van der Waals surface area contributed by atoms with Gasteiger partial charge in [-0.05, 0) is 76.6 Å². The van der Waals surface area contributed by atoms with Gasteiger partial charge in [0.05, 0.1) is 27.7 Å². The fourth-order valence-corrected chi connectivity index (χ4v) is 7.21. The van der Waals surface area contributed by atoms with Crippen molar-refractivity contribution < 1.29 is 8.83 Å². The summed E-state index contributed by atoms with van der Waals surface area (Å²) in [5.74, 6) is 1.99. The molecule has 0 amide bonds. The van der Waals surface area contributed by atoms with Crippen LogP contribution in [0.1, 0.15) is 50.7 Å². The second-order valence-electron chi connectivity index (χ2n) is 13.4. The molecule has 0 spiro atoms. The summed E-state index contributed by atoms with van der Waals surface area (Å²) in [5.41, 5.74) is 12.7. The minimum Gasteiger partial charge on any atom is -0.455 e. The lowest BCUT2D eigenvalue weighted by Gasteiger charge is -2.22. The molecule has 49 heavy (non-hydrogen) atoms. The normalized spacial score (nSPS) is 12.0. The molecule has 0 radical (unpaired) electrons. The maximum atomic E-state index is 6.92. The van der Waals surface area contributed by atoms with Gasteiger partial charge in [0.2, 0.25) is 5.89 Å². The molecule has 0 aliphatic carbocycles. The average molecular weight is 638 g/mol. The highest BCUT2D eigenvalue weighted by Crippen LogP contribution is 2.45. The zero-order valence-electron chi connectivity index (χ0n) is 27.9. The Balaban J connectivity index is 1.41. The zero-order chi connectivity index (χ0) is 33.2. The summed E-state index contributed by atoms with van der Waals surface area (Å²) < 4.78 is 15.9. The highest BCUT2D eigenvalue weighted by atomic mass is 16.4. The summed E-state index contributed by atoms with van der Waals surface area (Å²) in [7, 11) is 0. The van der Waals surface area contributed by atoms with Gasteiger partial charge < -0.3 is 8.83 Å². The van der Waals surface area contributed by atoms with Gasteiger partial charge in [0.15, 0.2) is 5.58 Å². The van der Waals surface area contributed by atoms with Gasteiger partial charge in [-0.1, -0.05) is 113 Å². The Morgan fingerprint density at radius 3 is 1.94 bits per heavy atom. The van der Waals surface area contributed by atoms with Crippen molar-refractivity contribution in [3.05, 3.63) is 139 Å². The number of aromatic nitrogens is 3. The third-order valence-electron chi connectivity index (χ3n) is 9.59. The Morgan fingerprint density at radius 2 is 1.22 bits per heavy atom. The van der Waals surface area contributed by atoms with Crippen molar-refractivity contribution in [2.45, 2.75) is 39.5 Å². The number of imidazole rings is 1. The first-order valence-electron chi connectivity index (χ1n) is 17.0. The van der Waals surface area contributed by atoms with Crippen molar-refractivity contribution in [2.24, 2.45) is 0 Å². The van der Waals surface area contributed by atoms with E-state index in [1.165, 1.54) is 16.8 Å². The van der Waals surface area contributed by atoms with Crippen LogP contribution in [0.4, 0.5) is 0 Å². The van der Waals surface area contributed by atoms with Crippen LogP contribution in [0, 0.1) is 0 Å². The Kier molecular flexibility index (Phi) is 6.76. The van der Waals surface area contributed by atoms with E-state index in [0.29, 0.717) is 23.3 Å². The molecule has 0 atom stereocenters. The fraction of sp³-hybridized carbons (Fsp3) is 0.136. The average Bonchev–Trinajstić information content (AvgIpc) is 3.84. The van der Waals surface area contributed by atoms with Crippen molar-refractivity contribution in [1.29, 1.82) is 0 Å². The van der Waals surface area contributed by atoms with E-state index in [0.717, 1.165) is 66.6 Å². The van der Waals surface area contributed by atoms with Crippen LogP contribution in [0.3, 0.4) is 0 Å². The quantitative estimate of drug-likeness (QED) is 0.182. The second-order valence-corrected chi connectivity index (χ2v) is 13.4. The predicted molar refractivity (Wildman–Crippen MR) is 200 cm³/mol. The first kappa shape index (κ1) is 29.2. The molecule has 238 valence electrons. The third kappa shape index (κ3) is 4.68. The highest BCUT2D eigenvalue weighted by Gasteiger charge is 2.27. The van der Waals surface area contributed by atoms with Gasteiger partial charge in [-0.3, -0.25) is 4.57 Å².